The molecule has 6 heteroatoms. The maximum atomic E-state index is 13.3. The first-order valence-corrected chi connectivity index (χ1v) is 5.52. The van der Waals surface area contributed by atoms with Crippen molar-refractivity contribution in [3.8, 4) is 5.75 Å². The third kappa shape index (κ3) is 3.58. The third-order valence-electron chi connectivity index (χ3n) is 3.02. The summed E-state index contributed by atoms with van der Waals surface area (Å²) in [5, 5.41) is 0. The van der Waals surface area contributed by atoms with Crippen LogP contribution in [0.3, 0.4) is 0 Å². The summed E-state index contributed by atoms with van der Waals surface area (Å²) >= 11 is 0. The Kier molecular flexibility index (Phi) is 6.25. The predicted molar refractivity (Wildman–Crippen MR) is 72.9 cm³/mol. The number of rotatable bonds is 4. The number of carbonyl (C=O) groups is 1. The molecule has 19 heavy (non-hydrogen) atoms. The molecule has 0 saturated heterocycles. The zero-order valence-electron chi connectivity index (χ0n) is 11.4. The first-order chi connectivity index (χ1) is 8.34. The summed E-state index contributed by atoms with van der Waals surface area (Å²) in [7, 11) is 2.76. The molecule has 1 atom stereocenters. The van der Waals surface area contributed by atoms with Gasteiger partial charge in [0.15, 0.2) is 0 Å². The van der Waals surface area contributed by atoms with Crippen molar-refractivity contribution in [2.24, 2.45) is 11.1 Å². The molecule has 0 saturated carbocycles. The Morgan fingerprint density at radius 1 is 1.37 bits per heavy atom. The van der Waals surface area contributed by atoms with E-state index >= 15 is 0 Å². The molecule has 1 aromatic carbocycles. The van der Waals surface area contributed by atoms with Crippen molar-refractivity contribution in [3.05, 3.63) is 29.6 Å². The normalized spacial score (nSPS) is 12.3. The topological polar surface area (TPSA) is 61.5 Å². The van der Waals surface area contributed by atoms with E-state index in [2.05, 4.69) is 0 Å². The van der Waals surface area contributed by atoms with Crippen molar-refractivity contribution in [1.82, 2.24) is 0 Å². The number of ether oxygens (including phenoxy) is 2. The van der Waals surface area contributed by atoms with Crippen molar-refractivity contribution < 1.29 is 18.7 Å². The number of esters is 1. The van der Waals surface area contributed by atoms with Gasteiger partial charge in [-0.15, -0.1) is 12.4 Å². The van der Waals surface area contributed by atoms with Gasteiger partial charge in [0.25, 0.3) is 0 Å². The van der Waals surface area contributed by atoms with Gasteiger partial charge in [-0.25, -0.2) is 4.39 Å². The number of hydrogen-bond acceptors (Lipinski definition) is 4. The van der Waals surface area contributed by atoms with Gasteiger partial charge < -0.3 is 15.2 Å². The van der Waals surface area contributed by atoms with Crippen molar-refractivity contribution in [3.63, 3.8) is 0 Å². The molecular formula is C13H19ClFNO3. The molecule has 108 valence electrons. The molecular weight excluding hydrogens is 273 g/mol. The lowest BCUT2D eigenvalue weighted by atomic mass is 9.80. The van der Waals surface area contributed by atoms with Gasteiger partial charge in [-0.2, -0.15) is 0 Å². The van der Waals surface area contributed by atoms with E-state index in [0.29, 0.717) is 11.3 Å². The highest BCUT2D eigenvalue weighted by Gasteiger charge is 2.38. The van der Waals surface area contributed by atoms with Gasteiger partial charge in [0.05, 0.1) is 19.6 Å². The Balaban J connectivity index is 0.00000324. The highest BCUT2D eigenvalue weighted by atomic mass is 35.5. The lowest BCUT2D eigenvalue weighted by Gasteiger charge is -2.29. The van der Waals surface area contributed by atoms with Crippen LogP contribution in [0.5, 0.6) is 5.75 Å². The molecule has 0 radical (unpaired) electrons. The summed E-state index contributed by atoms with van der Waals surface area (Å²) < 4.78 is 23.1. The zero-order valence-corrected chi connectivity index (χ0v) is 12.2. The summed E-state index contributed by atoms with van der Waals surface area (Å²) in [6.07, 6.45) is 0. The summed E-state index contributed by atoms with van der Waals surface area (Å²) in [5.41, 5.74) is 5.51. The van der Waals surface area contributed by atoms with Crippen LogP contribution >= 0.6 is 12.4 Å². The first kappa shape index (κ1) is 17.7. The fourth-order valence-electron chi connectivity index (χ4n) is 1.73. The van der Waals surface area contributed by atoms with Crippen LogP contribution in [0.15, 0.2) is 18.2 Å². The van der Waals surface area contributed by atoms with Gasteiger partial charge in [-0.3, -0.25) is 4.79 Å². The Morgan fingerprint density at radius 3 is 2.42 bits per heavy atom. The van der Waals surface area contributed by atoms with Crippen LogP contribution in [-0.4, -0.2) is 20.2 Å². The Bertz CT molecular complexity index is 452. The van der Waals surface area contributed by atoms with Crippen molar-refractivity contribution in [2.75, 3.05) is 14.2 Å². The summed E-state index contributed by atoms with van der Waals surface area (Å²) in [6, 6.07) is 3.31. The minimum absolute atomic E-state index is 0. The molecule has 0 aliphatic carbocycles. The van der Waals surface area contributed by atoms with Crippen molar-refractivity contribution >= 4 is 18.4 Å². The second kappa shape index (κ2) is 6.73. The van der Waals surface area contributed by atoms with Gasteiger partial charge >= 0.3 is 5.97 Å². The average Bonchev–Trinajstić information content (AvgIpc) is 2.36. The van der Waals surface area contributed by atoms with Gasteiger partial charge in [0.1, 0.15) is 11.6 Å². The van der Waals surface area contributed by atoms with E-state index < -0.39 is 23.2 Å². The zero-order chi connectivity index (χ0) is 13.9. The highest BCUT2D eigenvalue weighted by Crippen LogP contribution is 2.37. The summed E-state index contributed by atoms with van der Waals surface area (Å²) in [4.78, 5) is 11.7. The van der Waals surface area contributed by atoms with Crippen LogP contribution in [0.4, 0.5) is 4.39 Å². The quantitative estimate of drug-likeness (QED) is 0.866. The lowest BCUT2D eigenvalue weighted by molar-refractivity contribution is -0.152. The lowest BCUT2D eigenvalue weighted by Crippen LogP contribution is -2.37. The van der Waals surface area contributed by atoms with Gasteiger partial charge in [-0.1, -0.05) is 0 Å². The molecule has 0 amide bonds. The average molecular weight is 292 g/mol. The minimum atomic E-state index is -0.976. The Labute approximate surface area is 118 Å². The minimum Gasteiger partial charge on any atom is -0.496 e. The Morgan fingerprint density at radius 2 is 1.95 bits per heavy atom. The molecule has 4 nitrogen and oxygen atoms in total. The monoisotopic (exact) mass is 291 g/mol. The molecule has 0 aliphatic heterocycles. The molecule has 0 unspecified atom stereocenters. The second-order valence-corrected chi connectivity index (χ2v) is 4.58. The molecule has 0 bridgehead atoms. The van der Waals surface area contributed by atoms with Crippen molar-refractivity contribution in [1.29, 1.82) is 0 Å². The number of halogens is 2. The number of benzene rings is 1. The SMILES string of the molecule is COC(=O)C(C)(C)[C@H](N)c1cc(F)ccc1OC.Cl. The first-order valence-electron chi connectivity index (χ1n) is 5.52. The van der Waals surface area contributed by atoms with Crippen LogP contribution in [0.25, 0.3) is 0 Å². The van der Waals surface area contributed by atoms with E-state index in [0.717, 1.165) is 0 Å². The van der Waals surface area contributed by atoms with Gasteiger partial charge in [0, 0.05) is 11.6 Å². The van der Waals surface area contributed by atoms with Crippen molar-refractivity contribution in [2.45, 2.75) is 19.9 Å². The van der Waals surface area contributed by atoms with E-state index in [1.54, 1.807) is 13.8 Å². The number of hydrogen-bond donors (Lipinski definition) is 1. The number of carbonyl (C=O) groups excluding carboxylic acids is 1. The van der Waals surface area contributed by atoms with E-state index in [9.17, 15) is 9.18 Å². The molecule has 0 spiro atoms. The fourth-order valence-corrected chi connectivity index (χ4v) is 1.73. The van der Waals surface area contributed by atoms with E-state index in [4.69, 9.17) is 15.2 Å². The maximum Gasteiger partial charge on any atom is 0.313 e. The summed E-state index contributed by atoms with van der Waals surface area (Å²) in [5.74, 6) is -0.441. The molecule has 0 fully saturated rings. The highest BCUT2D eigenvalue weighted by molar-refractivity contribution is 5.85. The van der Waals surface area contributed by atoms with E-state index in [1.165, 1.54) is 32.4 Å². The number of methoxy groups -OCH3 is 2. The predicted octanol–water partition coefficient (Wildman–Crippen LogP) is 2.46. The third-order valence-corrected chi connectivity index (χ3v) is 3.02. The maximum absolute atomic E-state index is 13.3. The molecule has 1 aromatic rings. The largest absolute Gasteiger partial charge is 0.496 e. The van der Waals surface area contributed by atoms with E-state index in [1.807, 2.05) is 0 Å². The van der Waals surface area contributed by atoms with Gasteiger partial charge in [-0.05, 0) is 32.0 Å². The van der Waals surface area contributed by atoms with Gasteiger partial charge in [0.2, 0.25) is 0 Å². The van der Waals surface area contributed by atoms with Crippen LogP contribution < -0.4 is 10.5 Å². The standard InChI is InChI=1S/C13H18FNO3.ClH/c1-13(2,12(16)18-4)11(15)9-7-8(14)5-6-10(9)17-3;/h5-7,11H,15H2,1-4H3;1H/t11-;/m1./s1. The fraction of sp³-hybridized carbons (Fsp3) is 0.462. The van der Waals surface area contributed by atoms with Crippen LogP contribution in [0.1, 0.15) is 25.5 Å². The summed E-state index contributed by atoms with van der Waals surface area (Å²) in [6.45, 7) is 3.29. The number of nitrogens with two attached hydrogens (primary N) is 1. The van der Waals surface area contributed by atoms with Crippen LogP contribution in [0.2, 0.25) is 0 Å². The molecule has 0 heterocycles. The second-order valence-electron chi connectivity index (χ2n) is 4.58. The smallest absolute Gasteiger partial charge is 0.313 e. The molecule has 0 aliphatic rings. The Hall–Kier alpha value is -1.33. The molecule has 1 rings (SSSR count). The molecule has 2 N–H and O–H groups in total. The van der Waals surface area contributed by atoms with Crippen LogP contribution in [-0.2, 0) is 9.53 Å². The molecule has 0 aromatic heterocycles. The van der Waals surface area contributed by atoms with E-state index in [-0.39, 0.29) is 12.4 Å². The van der Waals surface area contributed by atoms with Crippen LogP contribution in [0, 0.1) is 11.2 Å².